The van der Waals surface area contributed by atoms with Crippen molar-refractivity contribution in [3.63, 3.8) is 0 Å². The molecule has 0 saturated heterocycles. The summed E-state index contributed by atoms with van der Waals surface area (Å²) in [6.45, 7) is 7.62. The van der Waals surface area contributed by atoms with E-state index in [9.17, 15) is 9.59 Å². The second-order valence-electron chi connectivity index (χ2n) is 2.28. The first-order chi connectivity index (χ1) is 6.11. The third-order valence-corrected chi connectivity index (χ3v) is 1.22. The normalized spacial score (nSPS) is 8.62. The Hall–Kier alpha value is -1.78. The molecule has 13 heavy (non-hydrogen) atoms. The van der Waals surface area contributed by atoms with Crippen LogP contribution in [0.2, 0.25) is 0 Å². The number of amides is 4. The molecule has 0 aliphatic heterocycles. The van der Waals surface area contributed by atoms with Crippen LogP contribution in [-0.2, 0) is 0 Å². The highest BCUT2D eigenvalue weighted by Gasteiger charge is 2.11. The molecule has 5 heteroatoms. The summed E-state index contributed by atoms with van der Waals surface area (Å²) < 4.78 is 0. The first kappa shape index (κ1) is 11.2. The first-order valence-corrected chi connectivity index (χ1v) is 3.69. The number of urea groups is 2. The van der Waals surface area contributed by atoms with Crippen molar-refractivity contribution in [2.75, 3.05) is 13.1 Å². The van der Waals surface area contributed by atoms with Crippen molar-refractivity contribution >= 4 is 12.1 Å². The molecule has 5 nitrogen and oxygen atoms in total. The highest BCUT2D eigenvalue weighted by Crippen LogP contribution is 1.89. The number of nitrogens with two attached hydrogens (primary N) is 1. The number of rotatable bonds is 4. The Morgan fingerprint density at radius 3 is 2.08 bits per heavy atom. The fraction of sp³-hybridized carbons (Fsp3) is 0.250. The minimum atomic E-state index is -0.872. The molecule has 4 amide bonds. The lowest BCUT2D eigenvalue weighted by molar-refractivity contribution is 0.205. The van der Waals surface area contributed by atoms with Crippen molar-refractivity contribution in [1.29, 1.82) is 0 Å². The summed E-state index contributed by atoms with van der Waals surface area (Å²) in [6, 6.07) is -1.42. The molecule has 0 spiro atoms. The molecule has 0 unspecified atom stereocenters. The van der Waals surface area contributed by atoms with Crippen molar-refractivity contribution in [3.05, 3.63) is 25.3 Å². The molecule has 0 aliphatic carbocycles. The zero-order valence-electron chi connectivity index (χ0n) is 7.32. The minimum absolute atomic E-state index is 0.338. The Bertz CT molecular complexity index is 215. The van der Waals surface area contributed by atoms with E-state index in [0.717, 1.165) is 0 Å². The van der Waals surface area contributed by atoms with Gasteiger partial charge in [-0.25, -0.2) is 9.59 Å². The van der Waals surface area contributed by atoms with Gasteiger partial charge < -0.3 is 10.6 Å². The van der Waals surface area contributed by atoms with E-state index in [4.69, 9.17) is 5.73 Å². The summed E-state index contributed by atoms with van der Waals surface area (Å²) in [5, 5.41) is 1.94. The van der Waals surface area contributed by atoms with Gasteiger partial charge in [0.2, 0.25) is 0 Å². The van der Waals surface area contributed by atoms with Gasteiger partial charge in [0, 0.05) is 13.1 Å². The first-order valence-electron chi connectivity index (χ1n) is 3.69. The second-order valence-corrected chi connectivity index (χ2v) is 2.28. The second kappa shape index (κ2) is 5.82. The average Bonchev–Trinajstić information content (AvgIpc) is 2.02. The molecule has 0 aromatic heterocycles. The van der Waals surface area contributed by atoms with Gasteiger partial charge in [0.25, 0.3) is 0 Å². The minimum Gasteiger partial charge on any atom is -0.351 e. The maximum Gasteiger partial charge on any atom is 0.326 e. The summed E-state index contributed by atoms with van der Waals surface area (Å²) in [7, 11) is 0. The van der Waals surface area contributed by atoms with E-state index in [2.05, 4.69) is 13.2 Å². The number of imide groups is 1. The molecule has 0 fully saturated rings. The summed E-state index contributed by atoms with van der Waals surface area (Å²) in [4.78, 5) is 22.8. The Balaban J connectivity index is 4.17. The Morgan fingerprint density at radius 1 is 1.31 bits per heavy atom. The van der Waals surface area contributed by atoms with Crippen LogP contribution in [0.15, 0.2) is 25.3 Å². The standard InChI is InChI=1S/C8H13N3O2/c1-3-5-11(6-4-2)8(13)10-7(9)12/h3-4H,1-2,5-6H2,(H3,9,10,12,13). The highest BCUT2D eigenvalue weighted by molar-refractivity contribution is 5.92. The fourth-order valence-corrected chi connectivity index (χ4v) is 0.736. The van der Waals surface area contributed by atoms with E-state index < -0.39 is 12.1 Å². The Morgan fingerprint density at radius 2 is 1.77 bits per heavy atom. The molecule has 0 radical (unpaired) electrons. The molecule has 72 valence electrons. The van der Waals surface area contributed by atoms with Gasteiger partial charge in [0.1, 0.15) is 0 Å². The van der Waals surface area contributed by atoms with Gasteiger partial charge in [-0.15, -0.1) is 13.2 Å². The van der Waals surface area contributed by atoms with Crippen molar-refractivity contribution in [3.8, 4) is 0 Å². The zero-order valence-corrected chi connectivity index (χ0v) is 7.32. The van der Waals surface area contributed by atoms with Crippen LogP contribution in [-0.4, -0.2) is 30.1 Å². The molecule has 0 saturated carbocycles. The van der Waals surface area contributed by atoms with Crippen LogP contribution in [0, 0.1) is 0 Å². The molecular formula is C8H13N3O2. The largest absolute Gasteiger partial charge is 0.351 e. The van der Waals surface area contributed by atoms with Gasteiger partial charge >= 0.3 is 12.1 Å². The monoisotopic (exact) mass is 183 g/mol. The summed E-state index contributed by atoms with van der Waals surface area (Å²) in [6.07, 6.45) is 3.09. The Labute approximate surface area is 76.9 Å². The molecule has 0 heterocycles. The SMILES string of the molecule is C=CCN(CC=C)C(=O)NC(N)=O. The van der Waals surface area contributed by atoms with Crippen LogP contribution in [0.4, 0.5) is 9.59 Å². The number of primary amides is 1. The van der Waals surface area contributed by atoms with Gasteiger partial charge in [-0.1, -0.05) is 12.2 Å². The molecule has 0 aromatic carbocycles. The average molecular weight is 183 g/mol. The molecule has 3 N–H and O–H groups in total. The van der Waals surface area contributed by atoms with Crippen molar-refractivity contribution in [2.24, 2.45) is 5.73 Å². The smallest absolute Gasteiger partial charge is 0.326 e. The summed E-state index contributed by atoms with van der Waals surface area (Å²) >= 11 is 0. The van der Waals surface area contributed by atoms with Crippen LogP contribution < -0.4 is 11.1 Å². The topological polar surface area (TPSA) is 75.4 Å². The third kappa shape index (κ3) is 4.62. The van der Waals surface area contributed by atoms with Crippen LogP contribution in [0.5, 0.6) is 0 Å². The maximum atomic E-state index is 11.2. The van der Waals surface area contributed by atoms with Gasteiger partial charge in [0.05, 0.1) is 0 Å². The number of nitrogens with one attached hydrogen (secondary N) is 1. The third-order valence-electron chi connectivity index (χ3n) is 1.22. The molecular weight excluding hydrogens is 170 g/mol. The number of hydrogen-bond donors (Lipinski definition) is 2. The molecule has 0 atom stereocenters. The van der Waals surface area contributed by atoms with Gasteiger partial charge in [-0.05, 0) is 0 Å². The van der Waals surface area contributed by atoms with E-state index in [-0.39, 0.29) is 0 Å². The summed E-state index contributed by atoms with van der Waals surface area (Å²) in [5.41, 5.74) is 4.77. The number of nitrogens with zero attached hydrogens (tertiary/aromatic N) is 1. The molecule has 0 rings (SSSR count). The van der Waals surface area contributed by atoms with E-state index in [1.165, 1.54) is 4.90 Å². The number of hydrogen-bond acceptors (Lipinski definition) is 2. The van der Waals surface area contributed by atoms with E-state index in [0.29, 0.717) is 13.1 Å². The highest BCUT2D eigenvalue weighted by atomic mass is 16.2. The zero-order chi connectivity index (χ0) is 10.3. The predicted molar refractivity (Wildman–Crippen MR) is 50.1 cm³/mol. The number of carbonyl (C=O) groups excluding carboxylic acids is 2. The predicted octanol–water partition coefficient (Wildman–Crippen LogP) is 0.449. The lowest BCUT2D eigenvalue weighted by atomic mass is 10.5. The molecule has 0 bridgehead atoms. The van der Waals surface area contributed by atoms with Crippen molar-refractivity contribution < 1.29 is 9.59 Å². The fourth-order valence-electron chi connectivity index (χ4n) is 0.736. The van der Waals surface area contributed by atoms with E-state index in [1.54, 1.807) is 12.2 Å². The van der Waals surface area contributed by atoms with Gasteiger partial charge in [-0.3, -0.25) is 5.32 Å². The van der Waals surface area contributed by atoms with Gasteiger partial charge in [-0.2, -0.15) is 0 Å². The van der Waals surface area contributed by atoms with Crippen LogP contribution >= 0.6 is 0 Å². The lowest BCUT2D eigenvalue weighted by Gasteiger charge is -2.18. The summed E-state index contributed by atoms with van der Waals surface area (Å²) in [5.74, 6) is 0. The van der Waals surface area contributed by atoms with E-state index in [1.807, 2.05) is 5.32 Å². The van der Waals surface area contributed by atoms with Crippen molar-refractivity contribution in [1.82, 2.24) is 10.2 Å². The van der Waals surface area contributed by atoms with Crippen molar-refractivity contribution in [2.45, 2.75) is 0 Å². The van der Waals surface area contributed by atoms with E-state index >= 15 is 0 Å². The van der Waals surface area contributed by atoms with Crippen LogP contribution in [0.1, 0.15) is 0 Å². The van der Waals surface area contributed by atoms with Crippen LogP contribution in [0.3, 0.4) is 0 Å². The maximum absolute atomic E-state index is 11.2. The lowest BCUT2D eigenvalue weighted by Crippen LogP contribution is -2.45. The molecule has 0 aliphatic rings. The molecule has 0 aromatic rings. The quantitative estimate of drug-likeness (QED) is 0.621. The number of carbonyl (C=O) groups is 2. The van der Waals surface area contributed by atoms with Gasteiger partial charge in [0.15, 0.2) is 0 Å². The van der Waals surface area contributed by atoms with Crippen LogP contribution in [0.25, 0.3) is 0 Å². The Kier molecular flexibility index (Phi) is 5.02.